The number of nitrogens with two attached hydrogens (primary N) is 1. The van der Waals surface area contributed by atoms with Crippen LogP contribution in [0.5, 0.6) is 0 Å². The van der Waals surface area contributed by atoms with Gasteiger partial charge in [-0.2, -0.15) is 0 Å². The number of nitrogens with one attached hydrogen (secondary N) is 2. The molecule has 2 aromatic rings. The van der Waals surface area contributed by atoms with Crippen molar-refractivity contribution in [1.29, 1.82) is 0 Å². The van der Waals surface area contributed by atoms with E-state index in [0.29, 0.717) is 30.3 Å². The van der Waals surface area contributed by atoms with Crippen molar-refractivity contribution in [2.45, 2.75) is 19.8 Å². The van der Waals surface area contributed by atoms with Crippen LogP contribution in [0.1, 0.15) is 19.8 Å². The highest BCUT2D eigenvalue weighted by molar-refractivity contribution is 5.90. The van der Waals surface area contributed by atoms with Gasteiger partial charge in [-0.25, -0.2) is 9.79 Å². The Morgan fingerprint density at radius 3 is 3.12 bits per heavy atom. The van der Waals surface area contributed by atoms with Crippen molar-refractivity contribution in [3.05, 3.63) is 47.4 Å². The number of anilines is 2. The number of amides is 2. The van der Waals surface area contributed by atoms with Gasteiger partial charge in [-0.15, -0.1) is 0 Å². The van der Waals surface area contributed by atoms with Crippen LogP contribution in [0.25, 0.3) is 5.82 Å². The first kappa shape index (κ1) is 15.9. The van der Waals surface area contributed by atoms with Gasteiger partial charge in [0, 0.05) is 17.9 Å². The number of unbranched alkanes of at least 4 members (excludes halogenated alkanes) is 1. The number of urea groups is 1. The van der Waals surface area contributed by atoms with Crippen molar-refractivity contribution in [2.24, 2.45) is 10.7 Å². The van der Waals surface area contributed by atoms with E-state index in [9.17, 15) is 4.79 Å². The molecule has 3 rings (SSSR count). The van der Waals surface area contributed by atoms with Crippen molar-refractivity contribution in [2.75, 3.05) is 23.4 Å². The van der Waals surface area contributed by atoms with Crippen LogP contribution in [-0.4, -0.2) is 19.2 Å². The number of rotatable bonds is 5. The van der Waals surface area contributed by atoms with Gasteiger partial charge in [-0.05, 0) is 30.7 Å². The number of nitrogens with zero attached hydrogens (tertiary/aromatic N) is 2. The summed E-state index contributed by atoms with van der Waals surface area (Å²) in [4.78, 5) is 18.1. The summed E-state index contributed by atoms with van der Waals surface area (Å²) < 4.78 is 5.27. The Bertz CT molecular complexity index is 843. The minimum Gasteiger partial charge on any atom is -0.446 e. The van der Waals surface area contributed by atoms with Crippen molar-refractivity contribution >= 4 is 23.2 Å². The average molecular weight is 327 g/mol. The van der Waals surface area contributed by atoms with E-state index in [1.54, 1.807) is 12.3 Å². The predicted octanol–water partition coefficient (Wildman–Crippen LogP) is 1.32. The molecular formula is C17H21N5O2. The summed E-state index contributed by atoms with van der Waals surface area (Å²) in [5.74, 6) is 0.582. The molecule has 0 atom stereocenters. The van der Waals surface area contributed by atoms with E-state index >= 15 is 0 Å². The predicted molar refractivity (Wildman–Crippen MR) is 92.8 cm³/mol. The maximum Gasteiger partial charge on any atom is 0.319 e. The van der Waals surface area contributed by atoms with E-state index in [4.69, 9.17) is 10.2 Å². The normalized spacial score (nSPS) is 13.2. The van der Waals surface area contributed by atoms with E-state index in [-0.39, 0.29) is 6.03 Å². The molecule has 0 bridgehead atoms. The molecule has 0 radical (unpaired) electrons. The highest BCUT2D eigenvalue weighted by Crippen LogP contribution is 2.22. The molecule has 7 heteroatoms. The lowest BCUT2D eigenvalue weighted by molar-refractivity contribution is 0.252. The molecule has 1 aromatic carbocycles. The molecule has 126 valence electrons. The molecule has 0 unspecified atom stereocenters. The summed E-state index contributed by atoms with van der Waals surface area (Å²) in [6.45, 7) is 3.12. The smallest absolute Gasteiger partial charge is 0.319 e. The summed E-state index contributed by atoms with van der Waals surface area (Å²) in [5.41, 5.74) is 8.33. The number of furan rings is 1. The topological polar surface area (TPSA) is 95.9 Å². The molecule has 1 aliphatic rings. The lowest BCUT2D eigenvalue weighted by Crippen LogP contribution is -2.42. The molecule has 0 aliphatic carbocycles. The molecule has 0 saturated carbocycles. The fraction of sp³-hybridized carbons (Fsp3) is 0.294. The Kier molecular flexibility index (Phi) is 4.69. The van der Waals surface area contributed by atoms with Crippen molar-refractivity contribution in [3.63, 3.8) is 0 Å². The molecule has 0 saturated heterocycles. The Labute approximate surface area is 139 Å². The van der Waals surface area contributed by atoms with Crippen molar-refractivity contribution in [1.82, 2.24) is 5.32 Å². The van der Waals surface area contributed by atoms with Gasteiger partial charge in [0.25, 0.3) is 0 Å². The average Bonchev–Trinajstić information content (AvgIpc) is 3.05. The van der Waals surface area contributed by atoms with Gasteiger partial charge >= 0.3 is 6.03 Å². The summed E-state index contributed by atoms with van der Waals surface area (Å²) in [6, 6.07) is 9.08. The molecular weight excluding hydrogens is 306 g/mol. The number of hydrogen-bond donors (Lipinski definition) is 3. The summed E-state index contributed by atoms with van der Waals surface area (Å²) in [5, 5.41) is 6.43. The maximum atomic E-state index is 11.9. The lowest BCUT2D eigenvalue weighted by atomic mass is 10.2. The molecule has 4 N–H and O–H groups in total. The zero-order valence-electron chi connectivity index (χ0n) is 13.6. The SMILES string of the molecule is CCCCNC(=O)Nc1cccc(N2CN=c3occc3=C2N)c1. The van der Waals surface area contributed by atoms with E-state index in [1.807, 2.05) is 29.2 Å². The fourth-order valence-corrected chi connectivity index (χ4v) is 2.50. The van der Waals surface area contributed by atoms with Crippen LogP contribution in [0.15, 0.2) is 46.0 Å². The van der Waals surface area contributed by atoms with Gasteiger partial charge < -0.3 is 25.7 Å². The fourth-order valence-electron chi connectivity index (χ4n) is 2.50. The number of carbonyl (C=O) groups excluding carboxylic acids is 1. The lowest BCUT2D eigenvalue weighted by Gasteiger charge is -2.24. The molecule has 7 nitrogen and oxygen atoms in total. The quantitative estimate of drug-likeness (QED) is 0.722. The van der Waals surface area contributed by atoms with Crippen molar-refractivity contribution in [3.8, 4) is 0 Å². The molecule has 0 spiro atoms. The van der Waals surface area contributed by atoms with Crippen molar-refractivity contribution < 1.29 is 9.21 Å². The minimum atomic E-state index is -0.210. The van der Waals surface area contributed by atoms with Crippen LogP contribution < -0.4 is 32.0 Å². The monoisotopic (exact) mass is 327 g/mol. The Morgan fingerprint density at radius 2 is 2.29 bits per heavy atom. The number of benzene rings is 1. The molecule has 0 fully saturated rings. The van der Waals surface area contributed by atoms with Crippen LogP contribution in [-0.2, 0) is 0 Å². The van der Waals surface area contributed by atoms with Crippen LogP contribution >= 0.6 is 0 Å². The number of hydrogen-bond acceptors (Lipinski definition) is 5. The second-order valence-corrected chi connectivity index (χ2v) is 5.54. The third kappa shape index (κ3) is 3.34. The summed E-state index contributed by atoms with van der Waals surface area (Å²) in [6.07, 6.45) is 3.57. The first-order valence-electron chi connectivity index (χ1n) is 7.99. The van der Waals surface area contributed by atoms with E-state index in [1.165, 1.54) is 0 Å². The highest BCUT2D eigenvalue weighted by atomic mass is 16.3. The maximum absolute atomic E-state index is 11.9. The van der Waals surface area contributed by atoms with E-state index in [0.717, 1.165) is 23.7 Å². The molecule has 1 aliphatic heterocycles. The standard InChI is InChI=1S/C17H21N5O2/c1-2-3-8-19-17(23)21-12-5-4-6-13(10-12)22-11-20-16-14(15(22)18)7-9-24-16/h4-7,9-10H,2-3,8,11,18H2,1H3,(H2,19,21,23). The zero-order valence-corrected chi connectivity index (χ0v) is 13.6. The second kappa shape index (κ2) is 7.08. The van der Waals surface area contributed by atoms with Gasteiger partial charge in [-0.1, -0.05) is 19.4 Å². The summed E-state index contributed by atoms with van der Waals surface area (Å²) in [7, 11) is 0. The summed E-state index contributed by atoms with van der Waals surface area (Å²) >= 11 is 0. The number of fused-ring (bicyclic) bond motifs is 1. The van der Waals surface area contributed by atoms with Gasteiger partial charge in [0.1, 0.15) is 12.5 Å². The minimum absolute atomic E-state index is 0.210. The third-order valence-electron chi connectivity index (χ3n) is 3.80. The van der Waals surface area contributed by atoms with Crippen LogP contribution in [0.2, 0.25) is 0 Å². The molecule has 2 amide bonds. The van der Waals surface area contributed by atoms with E-state index in [2.05, 4.69) is 22.5 Å². The van der Waals surface area contributed by atoms with Gasteiger partial charge in [0.05, 0.1) is 11.5 Å². The van der Waals surface area contributed by atoms with Gasteiger partial charge in [0.2, 0.25) is 5.55 Å². The Hall–Kier alpha value is -2.96. The third-order valence-corrected chi connectivity index (χ3v) is 3.80. The van der Waals surface area contributed by atoms with Crippen LogP contribution in [0, 0.1) is 0 Å². The first-order chi connectivity index (χ1) is 11.7. The second-order valence-electron chi connectivity index (χ2n) is 5.54. The first-order valence-corrected chi connectivity index (χ1v) is 7.99. The van der Waals surface area contributed by atoms with E-state index < -0.39 is 0 Å². The highest BCUT2D eigenvalue weighted by Gasteiger charge is 2.15. The van der Waals surface area contributed by atoms with Crippen LogP contribution in [0.3, 0.4) is 0 Å². The van der Waals surface area contributed by atoms with Gasteiger partial charge in [0.15, 0.2) is 0 Å². The molecule has 24 heavy (non-hydrogen) atoms. The van der Waals surface area contributed by atoms with Gasteiger partial charge in [-0.3, -0.25) is 0 Å². The van der Waals surface area contributed by atoms with Crippen LogP contribution in [0.4, 0.5) is 16.2 Å². The Morgan fingerprint density at radius 1 is 1.42 bits per heavy atom. The Balaban J connectivity index is 1.75. The molecule has 1 aromatic heterocycles. The molecule has 2 heterocycles. The zero-order chi connectivity index (χ0) is 16.9. The largest absolute Gasteiger partial charge is 0.446 e. The number of carbonyl (C=O) groups is 1.